The zero-order chi connectivity index (χ0) is 18.3. The highest BCUT2D eigenvalue weighted by Crippen LogP contribution is 2.35. The van der Waals surface area contributed by atoms with E-state index in [1.165, 1.54) is 6.07 Å². The second-order valence-electron chi connectivity index (χ2n) is 6.82. The van der Waals surface area contributed by atoms with Crippen molar-refractivity contribution in [2.75, 3.05) is 23.4 Å². The molecule has 1 N–H and O–H groups in total. The normalized spacial score (nSPS) is 17.1. The number of nitrogens with zero attached hydrogens (tertiary/aromatic N) is 2. The Bertz CT molecular complexity index is 1040. The van der Waals surface area contributed by atoms with Gasteiger partial charge in [-0.25, -0.2) is 0 Å². The number of benzene rings is 2. The third-order valence-electron chi connectivity index (χ3n) is 5.08. The van der Waals surface area contributed by atoms with Crippen LogP contribution >= 0.6 is 0 Å². The van der Waals surface area contributed by atoms with E-state index >= 15 is 0 Å². The molecule has 5 nitrogen and oxygen atoms in total. The molecule has 2 heterocycles. The summed E-state index contributed by atoms with van der Waals surface area (Å²) < 4.78 is 0. The number of carbonyl (C=O) groups excluding carboxylic acids is 1. The van der Waals surface area contributed by atoms with Gasteiger partial charge in [0.1, 0.15) is 0 Å². The van der Waals surface area contributed by atoms with E-state index in [0.29, 0.717) is 11.1 Å². The van der Waals surface area contributed by atoms with Crippen LogP contribution < -0.4 is 15.4 Å². The average Bonchev–Trinajstić information content (AvgIpc) is 2.77. The molecule has 1 atom stereocenters. The van der Waals surface area contributed by atoms with Gasteiger partial charge < -0.3 is 14.8 Å². The smallest absolute Gasteiger partial charge is 0.259 e. The van der Waals surface area contributed by atoms with Gasteiger partial charge in [-0.2, -0.15) is 0 Å². The van der Waals surface area contributed by atoms with Crippen LogP contribution in [0.5, 0.6) is 0 Å². The standard InChI is InChI=1S/C21H21N3O2/c1-14-11-12-23(2)18-9-5-6-10-19(18)24(14)21(26)16-13-20(25)22-17-8-4-3-7-15(16)17/h3-10,13-14H,11-12H2,1-2H3,(H,22,25)/t14-/m0/s1. The molecular formula is C21H21N3O2. The van der Waals surface area contributed by atoms with Gasteiger partial charge in [0, 0.05) is 36.6 Å². The predicted octanol–water partition coefficient (Wildman–Crippen LogP) is 3.40. The number of para-hydroxylation sites is 3. The van der Waals surface area contributed by atoms with Crippen molar-refractivity contribution in [1.82, 2.24) is 4.98 Å². The summed E-state index contributed by atoms with van der Waals surface area (Å²) in [6.07, 6.45) is 0.859. The molecule has 5 heteroatoms. The van der Waals surface area contributed by atoms with Crippen molar-refractivity contribution < 1.29 is 4.79 Å². The molecule has 0 radical (unpaired) electrons. The van der Waals surface area contributed by atoms with E-state index in [1.807, 2.05) is 60.5 Å². The van der Waals surface area contributed by atoms with Gasteiger partial charge in [0.2, 0.25) is 5.56 Å². The Morgan fingerprint density at radius 1 is 1.08 bits per heavy atom. The molecule has 0 spiro atoms. The van der Waals surface area contributed by atoms with Gasteiger partial charge in [0.15, 0.2) is 0 Å². The Morgan fingerprint density at radius 2 is 1.77 bits per heavy atom. The number of anilines is 2. The summed E-state index contributed by atoms with van der Waals surface area (Å²) in [6, 6.07) is 16.8. The zero-order valence-electron chi connectivity index (χ0n) is 14.9. The molecule has 1 aliphatic rings. The SMILES string of the molecule is C[C@H]1CCN(C)c2ccccc2N1C(=O)c1cc(=O)[nH]c2ccccc12. The van der Waals surface area contributed by atoms with E-state index in [-0.39, 0.29) is 17.5 Å². The maximum atomic E-state index is 13.6. The van der Waals surface area contributed by atoms with Crippen molar-refractivity contribution in [3.63, 3.8) is 0 Å². The third-order valence-corrected chi connectivity index (χ3v) is 5.08. The number of aromatic nitrogens is 1. The Morgan fingerprint density at radius 3 is 2.58 bits per heavy atom. The molecule has 132 valence electrons. The van der Waals surface area contributed by atoms with Crippen LogP contribution in [0.1, 0.15) is 23.7 Å². The summed E-state index contributed by atoms with van der Waals surface area (Å²) in [5.41, 5.74) is 2.76. The molecule has 1 amide bonds. The van der Waals surface area contributed by atoms with E-state index in [2.05, 4.69) is 16.8 Å². The Kier molecular flexibility index (Phi) is 3.99. The average molecular weight is 347 g/mol. The summed E-state index contributed by atoms with van der Waals surface area (Å²) in [7, 11) is 2.04. The van der Waals surface area contributed by atoms with Crippen LogP contribution in [0.4, 0.5) is 11.4 Å². The number of fused-ring (bicyclic) bond motifs is 2. The van der Waals surface area contributed by atoms with Crippen LogP contribution in [-0.4, -0.2) is 30.5 Å². The van der Waals surface area contributed by atoms with Gasteiger partial charge >= 0.3 is 0 Å². The van der Waals surface area contributed by atoms with Crippen molar-refractivity contribution in [2.45, 2.75) is 19.4 Å². The topological polar surface area (TPSA) is 56.4 Å². The molecule has 0 saturated heterocycles. The number of pyridine rings is 1. The van der Waals surface area contributed by atoms with Crippen molar-refractivity contribution in [3.05, 3.63) is 70.5 Å². The van der Waals surface area contributed by atoms with Crippen molar-refractivity contribution in [3.8, 4) is 0 Å². The number of hydrogen-bond acceptors (Lipinski definition) is 3. The van der Waals surface area contributed by atoms with E-state index in [9.17, 15) is 9.59 Å². The number of rotatable bonds is 1. The summed E-state index contributed by atoms with van der Waals surface area (Å²) in [5.74, 6) is -0.137. The first-order valence-electron chi connectivity index (χ1n) is 8.82. The largest absolute Gasteiger partial charge is 0.373 e. The van der Waals surface area contributed by atoms with Crippen LogP contribution in [0.15, 0.2) is 59.4 Å². The lowest BCUT2D eigenvalue weighted by atomic mass is 10.1. The Balaban J connectivity index is 1.91. The number of amides is 1. The second-order valence-corrected chi connectivity index (χ2v) is 6.82. The lowest BCUT2D eigenvalue weighted by Gasteiger charge is -2.29. The first-order chi connectivity index (χ1) is 12.6. The van der Waals surface area contributed by atoms with Gasteiger partial charge in [-0.1, -0.05) is 30.3 Å². The quantitative estimate of drug-likeness (QED) is 0.734. The number of hydrogen-bond donors (Lipinski definition) is 1. The molecule has 2 aromatic carbocycles. The van der Waals surface area contributed by atoms with Crippen LogP contribution in [0.3, 0.4) is 0 Å². The summed E-state index contributed by atoms with van der Waals surface area (Å²) >= 11 is 0. The second kappa shape index (κ2) is 6.33. The fraction of sp³-hybridized carbons (Fsp3) is 0.238. The van der Waals surface area contributed by atoms with E-state index in [0.717, 1.165) is 29.7 Å². The Hall–Kier alpha value is -3.08. The maximum absolute atomic E-state index is 13.6. The highest BCUT2D eigenvalue weighted by atomic mass is 16.2. The van der Waals surface area contributed by atoms with Crippen LogP contribution in [0.2, 0.25) is 0 Å². The minimum Gasteiger partial charge on any atom is -0.373 e. The van der Waals surface area contributed by atoms with Gasteiger partial charge in [-0.3, -0.25) is 9.59 Å². The van der Waals surface area contributed by atoms with Crippen molar-refractivity contribution >= 4 is 28.2 Å². The lowest BCUT2D eigenvalue weighted by Crippen LogP contribution is -2.39. The Labute approximate surface area is 151 Å². The zero-order valence-corrected chi connectivity index (χ0v) is 14.9. The number of carbonyl (C=O) groups is 1. The third kappa shape index (κ3) is 2.65. The molecule has 1 aliphatic heterocycles. The van der Waals surface area contributed by atoms with Crippen LogP contribution in [0.25, 0.3) is 10.9 Å². The van der Waals surface area contributed by atoms with E-state index in [4.69, 9.17) is 0 Å². The molecule has 3 aromatic rings. The molecule has 26 heavy (non-hydrogen) atoms. The van der Waals surface area contributed by atoms with Crippen molar-refractivity contribution in [2.24, 2.45) is 0 Å². The number of H-pyrrole nitrogens is 1. The highest BCUT2D eigenvalue weighted by molar-refractivity contribution is 6.14. The van der Waals surface area contributed by atoms with Gasteiger partial charge in [-0.05, 0) is 31.5 Å². The summed E-state index contributed by atoms with van der Waals surface area (Å²) in [4.78, 5) is 32.5. The monoisotopic (exact) mass is 347 g/mol. The van der Waals surface area contributed by atoms with Crippen molar-refractivity contribution in [1.29, 1.82) is 0 Å². The molecule has 0 bridgehead atoms. The van der Waals surface area contributed by atoms with Gasteiger partial charge in [0.05, 0.1) is 16.9 Å². The number of nitrogens with one attached hydrogen (secondary N) is 1. The lowest BCUT2D eigenvalue weighted by molar-refractivity contribution is 0.0979. The fourth-order valence-corrected chi connectivity index (χ4v) is 3.68. The van der Waals surface area contributed by atoms with Gasteiger partial charge in [0.25, 0.3) is 5.91 Å². The first kappa shape index (κ1) is 16.4. The highest BCUT2D eigenvalue weighted by Gasteiger charge is 2.30. The van der Waals surface area contributed by atoms with Crippen LogP contribution in [0, 0.1) is 0 Å². The van der Waals surface area contributed by atoms with E-state index < -0.39 is 0 Å². The minimum atomic E-state index is -0.264. The molecular weight excluding hydrogens is 326 g/mol. The molecule has 0 saturated carbocycles. The van der Waals surface area contributed by atoms with E-state index in [1.54, 1.807) is 0 Å². The van der Waals surface area contributed by atoms with Crippen LogP contribution in [-0.2, 0) is 0 Å². The molecule has 4 rings (SSSR count). The number of aromatic amines is 1. The first-order valence-corrected chi connectivity index (χ1v) is 8.82. The summed E-state index contributed by atoms with van der Waals surface area (Å²) in [6.45, 7) is 2.93. The fourth-order valence-electron chi connectivity index (χ4n) is 3.68. The van der Waals surface area contributed by atoms with Gasteiger partial charge in [-0.15, -0.1) is 0 Å². The molecule has 0 aliphatic carbocycles. The minimum absolute atomic E-state index is 0.0339. The summed E-state index contributed by atoms with van der Waals surface area (Å²) in [5, 5.41) is 0.763. The maximum Gasteiger partial charge on any atom is 0.259 e. The molecule has 0 unspecified atom stereocenters. The molecule has 1 aromatic heterocycles. The molecule has 0 fully saturated rings. The predicted molar refractivity (Wildman–Crippen MR) is 105 cm³/mol.